The molecule has 0 aliphatic carbocycles. The summed E-state index contributed by atoms with van der Waals surface area (Å²) in [6, 6.07) is 2.61. The SMILES string of the molecule is O=C(O)C1CNCCN1C(=O)Cc1cccc(F)c1F. The van der Waals surface area contributed by atoms with Crippen LogP contribution in [0, 0.1) is 11.6 Å². The maximum Gasteiger partial charge on any atom is 0.327 e. The van der Waals surface area contributed by atoms with Gasteiger partial charge in [0.1, 0.15) is 6.04 Å². The average molecular weight is 284 g/mol. The lowest BCUT2D eigenvalue weighted by molar-refractivity contribution is -0.151. The molecular weight excluding hydrogens is 270 g/mol. The molecule has 1 amide bonds. The first-order chi connectivity index (χ1) is 9.50. The molecule has 1 unspecified atom stereocenters. The first kappa shape index (κ1) is 14.4. The van der Waals surface area contributed by atoms with Gasteiger partial charge in [-0.15, -0.1) is 0 Å². The van der Waals surface area contributed by atoms with Crippen LogP contribution in [0.1, 0.15) is 5.56 Å². The van der Waals surface area contributed by atoms with Crippen LogP contribution in [0.15, 0.2) is 18.2 Å². The molecule has 1 saturated heterocycles. The van der Waals surface area contributed by atoms with Crippen LogP contribution in [0.5, 0.6) is 0 Å². The number of amides is 1. The van der Waals surface area contributed by atoms with Crippen LogP contribution in [0.25, 0.3) is 0 Å². The highest BCUT2D eigenvalue weighted by Gasteiger charge is 2.32. The molecule has 1 aromatic rings. The molecule has 1 fully saturated rings. The summed E-state index contributed by atoms with van der Waals surface area (Å²) in [5.41, 5.74) is -0.0716. The molecule has 0 bridgehead atoms. The van der Waals surface area contributed by atoms with Gasteiger partial charge in [-0.1, -0.05) is 12.1 Å². The fourth-order valence-electron chi connectivity index (χ4n) is 2.17. The Hall–Kier alpha value is -2.02. The number of nitrogens with one attached hydrogen (secondary N) is 1. The maximum absolute atomic E-state index is 13.5. The van der Waals surface area contributed by atoms with Gasteiger partial charge in [-0.05, 0) is 6.07 Å². The summed E-state index contributed by atoms with van der Waals surface area (Å²) >= 11 is 0. The molecule has 1 heterocycles. The number of carboxylic acids is 1. The van der Waals surface area contributed by atoms with E-state index in [9.17, 15) is 18.4 Å². The number of halogens is 2. The van der Waals surface area contributed by atoms with Crippen LogP contribution in [-0.2, 0) is 16.0 Å². The lowest BCUT2D eigenvalue weighted by Crippen LogP contribution is -2.57. The van der Waals surface area contributed by atoms with E-state index < -0.39 is 29.6 Å². The molecule has 0 aromatic heterocycles. The maximum atomic E-state index is 13.5. The molecule has 2 rings (SSSR count). The third kappa shape index (κ3) is 2.93. The van der Waals surface area contributed by atoms with E-state index in [-0.39, 0.29) is 25.1 Å². The van der Waals surface area contributed by atoms with Crippen molar-refractivity contribution < 1.29 is 23.5 Å². The van der Waals surface area contributed by atoms with Gasteiger partial charge in [0, 0.05) is 25.2 Å². The van der Waals surface area contributed by atoms with Crippen molar-refractivity contribution in [2.24, 2.45) is 0 Å². The normalized spacial score (nSPS) is 18.9. The van der Waals surface area contributed by atoms with Crippen molar-refractivity contribution in [3.05, 3.63) is 35.4 Å². The molecule has 0 saturated carbocycles. The number of aliphatic carboxylic acids is 1. The van der Waals surface area contributed by atoms with Gasteiger partial charge in [0.2, 0.25) is 5.91 Å². The zero-order valence-electron chi connectivity index (χ0n) is 10.6. The van der Waals surface area contributed by atoms with E-state index in [1.807, 2.05) is 0 Å². The Bertz CT molecular complexity index is 536. The second kappa shape index (κ2) is 5.96. The first-order valence-electron chi connectivity index (χ1n) is 6.16. The fourth-order valence-corrected chi connectivity index (χ4v) is 2.17. The zero-order chi connectivity index (χ0) is 14.7. The van der Waals surface area contributed by atoms with Gasteiger partial charge < -0.3 is 15.3 Å². The summed E-state index contributed by atoms with van der Waals surface area (Å²) < 4.78 is 26.6. The van der Waals surface area contributed by atoms with Gasteiger partial charge in [0.15, 0.2) is 11.6 Å². The Kier molecular flexibility index (Phi) is 4.29. The molecule has 5 nitrogen and oxygen atoms in total. The number of hydrogen-bond acceptors (Lipinski definition) is 3. The van der Waals surface area contributed by atoms with E-state index in [1.165, 1.54) is 17.0 Å². The van der Waals surface area contributed by atoms with Gasteiger partial charge in [-0.2, -0.15) is 0 Å². The van der Waals surface area contributed by atoms with Crippen LogP contribution in [0.3, 0.4) is 0 Å². The van der Waals surface area contributed by atoms with E-state index in [2.05, 4.69) is 5.32 Å². The van der Waals surface area contributed by atoms with Crippen LogP contribution < -0.4 is 5.32 Å². The van der Waals surface area contributed by atoms with Crippen molar-refractivity contribution in [2.75, 3.05) is 19.6 Å². The van der Waals surface area contributed by atoms with Crippen LogP contribution in [-0.4, -0.2) is 47.6 Å². The molecular formula is C13H14F2N2O3. The molecule has 7 heteroatoms. The van der Waals surface area contributed by atoms with Crippen molar-refractivity contribution in [3.63, 3.8) is 0 Å². The Morgan fingerprint density at radius 3 is 2.85 bits per heavy atom. The number of carbonyl (C=O) groups excluding carboxylic acids is 1. The number of piperazine rings is 1. The zero-order valence-corrected chi connectivity index (χ0v) is 10.6. The van der Waals surface area contributed by atoms with Crippen molar-refractivity contribution in [1.82, 2.24) is 10.2 Å². The Morgan fingerprint density at radius 2 is 2.15 bits per heavy atom. The number of carboxylic acid groups (broad SMARTS) is 1. The van der Waals surface area contributed by atoms with Gasteiger partial charge in [-0.3, -0.25) is 4.79 Å². The standard InChI is InChI=1S/C13H14F2N2O3/c14-9-3-1-2-8(12(9)15)6-11(18)17-5-4-16-7-10(17)13(19)20/h1-3,10,16H,4-7H2,(H,19,20). The molecule has 0 radical (unpaired) electrons. The van der Waals surface area contributed by atoms with E-state index in [4.69, 9.17) is 5.11 Å². The summed E-state index contributed by atoms with van der Waals surface area (Å²) in [6.45, 7) is 0.848. The van der Waals surface area contributed by atoms with E-state index in [0.717, 1.165) is 6.07 Å². The molecule has 20 heavy (non-hydrogen) atoms. The monoisotopic (exact) mass is 284 g/mol. The molecule has 1 atom stereocenters. The lowest BCUT2D eigenvalue weighted by Gasteiger charge is -2.33. The Labute approximate surface area is 114 Å². The minimum absolute atomic E-state index is 0.0716. The van der Waals surface area contributed by atoms with E-state index in [0.29, 0.717) is 6.54 Å². The third-order valence-corrected chi connectivity index (χ3v) is 3.22. The largest absolute Gasteiger partial charge is 0.480 e. The first-order valence-corrected chi connectivity index (χ1v) is 6.16. The molecule has 2 N–H and O–H groups in total. The number of carbonyl (C=O) groups is 2. The Balaban J connectivity index is 2.14. The van der Waals surface area contributed by atoms with Gasteiger partial charge >= 0.3 is 5.97 Å². The number of benzene rings is 1. The summed E-state index contributed by atoms with van der Waals surface area (Å²) in [7, 11) is 0. The van der Waals surface area contributed by atoms with Crippen molar-refractivity contribution >= 4 is 11.9 Å². The summed E-state index contributed by atoms with van der Waals surface area (Å²) in [4.78, 5) is 24.4. The third-order valence-electron chi connectivity index (χ3n) is 3.22. The summed E-state index contributed by atoms with van der Waals surface area (Å²) in [5.74, 6) is -3.73. The minimum Gasteiger partial charge on any atom is -0.480 e. The number of hydrogen-bond donors (Lipinski definition) is 2. The number of rotatable bonds is 3. The second-order valence-corrected chi connectivity index (χ2v) is 4.54. The lowest BCUT2D eigenvalue weighted by atomic mass is 10.1. The highest BCUT2D eigenvalue weighted by atomic mass is 19.2. The molecule has 1 aliphatic rings. The van der Waals surface area contributed by atoms with Crippen molar-refractivity contribution in [2.45, 2.75) is 12.5 Å². The van der Waals surface area contributed by atoms with Gasteiger partial charge in [0.25, 0.3) is 0 Å². The van der Waals surface area contributed by atoms with Crippen LogP contribution in [0.2, 0.25) is 0 Å². The van der Waals surface area contributed by atoms with E-state index in [1.54, 1.807) is 0 Å². The minimum atomic E-state index is -1.12. The summed E-state index contributed by atoms with van der Waals surface area (Å²) in [5, 5.41) is 11.9. The predicted molar refractivity (Wildman–Crippen MR) is 66.1 cm³/mol. The molecule has 108 valence electrons. The van der Waals surface area contributed by atoms with Crippen molar-refractivity contribution in [3.8, 4) is 0 Å². The van der Waals surface area contributed by atoms with Crippen molar-refractivity contribution in [1.29, 1.82) is 0 Å². The number of nitrogens with zero attached hydrogens (tertiary/aromatic N) is 1. The quantitative estimate of drug-likeness (QED) is 0.842. The highest BCUT2D eigenvalue weighted by molar-refractivity contribution is 5.85. The van der Waals surface area contributed by atoms with Gasteiger partial charge in [0.05, 0.1) is 6.42 Å². The molecule has 0 spiro atoms. The smallest absolute Gasteiger partial charge is 0.327 e. The summed E-state index contributed by atoms with van der Waals surface area (Å²) in [6.07, 6.45) is -0.354. The highest BCUT2D eigenvalue weighted by Crippen LogP contribution is 2.14. The Morgan fingerprint density at radius 1 is 1.40 bits per heavy atom. The molecule has 1 aliphatic heterocycles. The molecule has 1 aromatic carbocycles. The fraction of sp³-hybridized carbons (Fsp3) is 0.385. The average Bonchev–Trinajstić information content (AvgIpc) is 2.43. The van der Waals surface area contributed by atoms with E-state index >= 15 is 0 Å². The predicted octanol–water partition coefficient (Wildman–Crippen LogP) is 0.392. The topological polar surface area (TPSA) is 69.6 Å². The van der Waals surface area contributed by atoms with Crippen LogP contribution in [0.4, 0.5) is 8.78 Å². The van der Waals surface area contributed by atoms with Gasteiger partial charge in [-0.25, -0.2) is 13.6 Å². The second-order valence-electron chi connectivity index (χ2n) is 4.54. The van der Waals surface area contributed by atoms with Crippen LogP contribution >= 0.6 is 0 Å².